The zero-order valence-electron chi connectivity index (χ0n) is 8.78. The van der Waals surface area contributed by atoms with Crippen molar-refractivity contribution in [1.29, 1.82) is 0 Å². The van der Waals surface area contributed by atoms with Crippen LogP contribution in [0.1, 0.15) is 25.7 Å². The van der Waals surface area contributed by atoms with Crippen molar-refractivity contribution in [2.24, 2.45) is 0 Å². The van der Waals surface area contributed by atoms with Crippen LogP contribution in [-0.4, -0.2) is 36.6 Å². The van der Waals surface area contributed by atoms with Crippen LogP contribution in [0.3, 0.4) is 0 Å². The molecular weight excluding hydrogens is 214 g/mol. The van der Waals surface area contributed by atoms with Gasteiger partial charge in [-0.05, 0) is 0 Å². The van der Waals surface area contributed by atoms with E-state index in [1.807, 2.05) is 0 Å². The molecule has 16 heavy (non-hydrogen) atoms. The second kappa shape index (κ2) is 3.18. The Balaban J connectivity index is 1.74. The van der Waals surface area contributed by atoms with Gasteiger partial charge in [0.1, 0.15) is 0 Å². The number of rotatable bonds is 0. The van der Waals surface area contributed by atoms with E-state index in [-0.39, 0.29) is 5.91 Å². The Morgan fingerprint density at radius 1 is 1.00 bits per heavy atom. The largest absolute Gasteiger partial charge is 0.432 e. The van der Waals surface area contributed by atoms with Crippen LogP contribution in [0.5, 0.6) is 0 Å². The van der Waals surface area contributed by atoms with E-state index in [9.17, 15) is 9.59 Å². The summed E-state index contributed by atoms with van der Waals surface area (Å²) in [4.78, 5) is 22.6. The number of ether oxygens (including phenoxy) is 3. The monoisotopic (exact) mass is 227 g/mol. The number of carbonyl (C=O) groups is 2. The fraction of sp³-hybridized carbons (Fsp3) is 0.800. The van der Waals surface area contributed by atoms with Crippen LogP contribution in [0, 0.1) is 0 Å². The molecule has 0 aromatic carbocycles. The Labute approximate surface area is 92.2 Å². The molecule has 88 valence electrons. The van der Waals surface area contributed by atoms with Crippen LogP contribution in [0.4, 0.5) is 4.79 Å². The molecule has 0 atom stereocenters. The van der Waals surface area contributed by atoms with E-state index in [2.05, 4.69) is 5.32 Å². The minimum absolute atomic E-state index is 0.328. The summed E-state index contributed by atoms with van der Waals surface area (Å²) in [6.45, 7) is 1.19. The van der Waals surface area contributed by atoms with Crippen molar-refractivity contribution in [3.8, 4) is 0 Å². The second-order valence-electron chi connectivity index (χ2n) is 4.45. The normalized spacial score (nSPS) is 30.8. The summed E-state index contributed by atoms with van der Waals surface area (Å²) in [5.41, 5.74) is -0.975. The first-order chi connectivity index (χ1) is 7.64. The summed E-state index contributed by atoms with van der Waals surface area (Å²) in [5.74, 6) is -0.870. The molecule has 2 heterocycles. The van der Waals surface area contributed by atoms with Crippen molar-refractivity contribution in [3.05, 3.63) is 0 Å². The Morgan fingerprint density at radius 2 is 1.62 bits per heavy atom. The van der Waals surface area contributed by atoms with E-state index in [0.717, 1.165) is 0 Å². The second-order valence-corrected chi connectivity index (χ2v) is 4.45. The topological polar surface area (TPSA) is 73.9 Å². The number of nitrogens with one attached hydrogen (secondary N) is 1. The van der Waals surface area contributed by atoms with Crippen molar-refractivity contribution in [2.75, 3.05) is 13.2 Å². The lowest BCUT2D eigenvalue weighted by Gasteiger charge is -2.38. The molecule has 0 bridgehead atoms. The van der Waals surface area contributed by atoms with Gasteiger partial charge in [-0.3, -0.25) is 10.1 Å². The first-order valence-electron chi connectivity index (χ1n) is 5.47. The average molecular weight is 227 g/mol. The van der Waals surface area contributed by atoms with Crippen molar-refractivity contribution in [3.63, 3.8) is 0 Å². The van der Waals surface area contributed by atoms with E-state index >= 15 is 0 Å². The fourth-order valence-corrected chi connectivity index (χ4v) is 2.61. The van der Waals surface area contributed by atoms with Crippen LogP contribution in [0.2, 0.25) is 0 Å². The SMILES string of the molecule is O=C1NC(=O)C2(CCC3(CC2)OCCO3)O1. The molecule has 6 heteroatoms. The quantitative estimate of drug-likeness (QED) is 0.644. The van der Waals surface area contributed by atoms with Gasteiger partial charge < -0.3 is 14.2 Å². The van der Waals surface area contributed by atoms with Crippen molar-refractivity contribution in [2.45, 2.75) is 37.1 Å². The zero-order chi connectivity index (χ0) is 11.2. The van der Waals surface area contributed by atoms with E-state index in [0.29, 0.717) is 38.9 Å². The van der Waals surface area contributed by atoms with Gasteiger partial charge in [0.05, 0.1) is 13.2 Å². The molecule has 3 fully saturated rings. The van der Waals surface area contributed by atoms with E-state index in [1.165, 1.54) is 0 Å². The molecule has 2 amide bonds. The standard InChI is InChI=1S/C10H13NO5/c12-7-9(16-8(13)11-7)1-3-10(4-2-9)14-5-6-15-10/h1-6H2,(H,11,12,13). The molecule has 6 nitrogen and oxygen atoms in total. The first kappa shape index (κ1) is 10.0. The molecular formula is C10H13NO5. The van der Waals surface area contributed by atoms with E-state index < -0.39 is 17.5 Å². The highest BCUT2D eigenvalue weighted by molar-refractivity contribution is 6.02. The predicted molar refractivity (Wildman–Crippen MR) is 50.5 cm³/mol. The summed E-state index contributed by atoms with van der Waals surface area (Å²) < 4.78 is 16.2. The van der Waals surface area contributed by atoms with Gasteiger partial charge in [-0.2, -0.15) is 0 Å². The molecule has 0 aromatic rings. The third-order valence-corrected chi connectivity index (χ3v) is 3.55. The van der Waals surface area contributed by atoms with Crippen molar-refractivity contribution >= 4 is 12.0 Å². The molecule has 2 aliphatic heterocycles. The Morgan fingerprint density at radius 3 is 2.12 bits per heavy atom. The maximum Gasteiger partial charge on any atom is 0.415 e. The number of carbonyl (C=O) groups excluding carboxylic acids is 2. The lowest BCUT2D eigenvalue weighted by molar-refractivity contribution is -0.199. The third kappa shape index (κ3) is 1.33. The van der Waals surface area contributed by atoms with Crippen LogP contribution in [0.15, 0.2) is 0 Å². The summed E-state index contributed by atoms with van der Waals surface area (Å²) in [6.07, 6.45) is 1.46. The molecule has 1 N–H and O–H groups in total. The lowest BCUT2D eigenvalue weighted by atomic mass is 9.81. The smallest absolute Gasteiger partial charge is 0.415 e. The zero-order valence-corrected chi connectivity index (χ0v) is 8.78. The van der Waals surface area contributed by atoms with Gasteiger partial charge in [-0.25, -0.2) is 4.79 Å². The van der Waals surface area contributed by atoms with Crippen molar-refractivity contribution in [1.82, 2.24) is 5.32 Å². The Hall–Kier alpha value is -1.14. The number of imide groups is 1. The summed E-state index contributed by atoms with van der Waals surface area (Å²) >= 11 is 0. The number of alkyl carbamates (subject to hydrolysis) is 1. The summed E-state index contributed by atoms with van der Waals surface area (Å²) in [7, 11) is 0. The maximum atomic E-state index is 11.6. The van der Waals surface area contributed by atoms with Gasteiger partial charge in [0.25, 0.3) is 5.91 Å². The minimum atomic E-state index is -0.975. The average Bonchev–Trinajstić information content (AvgIpc) is 2.80. The number of hydrogen-bond acceptors (Lipinski definition) is 5. The molecule has 0 radical (unpaired) electrons. The molecule has 0 aromatic heterocycles. The van der Waals surface area contributed by atoms with Crippen LogP contribution >= 0.6 is 0 Å². The van der Waals surface area contributed by atoms with E-state index in [4.69, 9.17) is 14.2 Å². The molecule has 1 aliphatic carbocycles. The van der Waals surface area contributed by atoms with Crippen LogP contribution < -0.4 is 5.32 Å². The Bertz CT molecular complexity index is 337. The van der Waals surface area contributed by atoms with E-state index in [1.54, 1.807) is 0 Å². The highest BCUT2D eigenvalue weighted by Crippen LogP contribution is 2.43. The van der Waals surface area contributed by atoms with Crippen LogP contribution in [-0.2, 0) is 19.0 Å². The van der Waals surface area contributed by atoms with Crippen molar-refractivity contribution < 1.29 is 23.8 Å². The number of hydrogen-bond donors (Lipinski definition) is 1. The van der Waals surface area contributed by atoms with Crippen LogP contribution in [0.25, 0.3) is 0 Å². The molecule has 3 aliphatic rings. The highest BCUT2D eigenvalue weighted by atomic mass is 16.7. The Kier molecular flexibility index (Phi) is 1.99. The summed E-state index contributed by atoms with van der Waals surface area (Å²) in [5, 5.41) is 2.17. The molecule has 1 saturated carbocycles. The predicted octanol–water partition coefficient (Wildman–Crippen LogP) is 0.309. The van der Waals surface area contributed by atoms with Gasteiger partial charge in [0, 0.05) is 25.7 Å². The van der Waals surface area contributed by atoms with Gasteiger partial charge in [-0.1, -0.05) is 0 Å². The molecule has 2 saturated heterocycles. The first-order valence-corrected chi connectivity index (χ1v) is 5.47. The van der Waals surface area contributed by atoms with Gasteiger partial charge >= 0.3 is 6.09 Å². The molecule has 3 rings (SSSR count). The van der Waals surface area contributed by atoms with Gasteiger partial charge in [-0.15, -0.1) is 0 Å². The maximum absolute atomic E-state index is 11.6. The van der Waals surface area contributed by atoms with Gasteiger partial charge in [0.15, 0.2) is 11.4 Å². The third-order valence-electron chi connectivity index (χ3n) is 3.55. The number of amides is 2. The molecule has 2 spiro atoms. The fourth-order valence-electron chi connectivity index (χ4n) is 2.61. The van der Waals surface area contributed by atoms with Gasteiger partial charge in [0.2, 0.25) is 0 Å². The molecule has 0 unspecified atom stereocenters. The minimum Gasteiger partial charge on any atom is -0.432 e. The summed E-state index contributed by atoms with van der Waals surface area (Å²) in [6, 6.07) is 0. The lowest BCUT2D eigenvalue weighted by Crippen LogP contribution is -2.48. The highest BCUT2D eigenvalue weighted by Gasteiger charge is 2.55.